The molecular formula is C16H19BrN2O4. The van der Waals surface area contributed by atoms with Crippen molar-refractivity contribution in [3.05, 3.63) is 34.3 Å². The number of likely N-dealkylation sites (tertiary alicyclic amines) is 1. The number of halogens is 1. The molecule has 1 aliphatic heterocycles. The predicted molar refractivity (Wildman–Crippen MR) is 87.7 cm³/mol. The molecule has 1 unspecified atom stereocenters. The lowest BCUT2D eigenvalue weighted by atomic mass is 10.0. The van der Waals surface area contributed by atoms with Crippen molar-refractivity contribution in [3.63, 3.8) is 0 Å². The van der Waals surface area contributed by atoms with Gasteiger partial charge in [0.25, 0.3) is 0 Å². The van der Waals surface area contributed by atoms with E-state index in [1.165, 1.54) is 11.8 Å². The standard InChI is InChI=1S/C16H19BrN2O4/c1-10(20)18-13(11-4-6-12(17)7-5-11)9-15(21)19-8-2-3-14(19)16(22)23/h4-7,13-14H,2-3,8-9H2,1H3,(H,18,20)(H,22,23)/t13?,14-/m0/s1. The molecule has 2 atom stereocenters. The minimum Gasteiger partial charge on any atom is -0.480 e. The zero-order valence-corrected chi connectivity index (χ0v) is 14.4. The molecule has 7 heteroatoms. The fourth-order valence-electron chi connectivity index (χ4n) is 2.81. The first-order valence-corrected chi connectivity index (χ1v) is 8.22. The van der Waals surface area contributed by atoms with Crippen LogP contribution < -0.4 is 5.32 Å². The second-order valence-electron chi connectivity index (χ2n) is 5.59. The summed E-state index contributed by atoms with van der Waals surface area (Å²) < 4.78 is 0.902. The molecule has 0 aromatic heterocycles. The Morgan fingerprint density at radius 3 is 2.57 bits per heavy atom. The lowest BCUT2D eigenvalue weighted by Gasteiger charge is -2.25. The first-order chi connectivity index (χ1) is 10.9. The number of carbonyl (C=O) groups excluding carboxylic acids is 2. The third-order valence-electron chi connectivity index (χ3n) is 3.89. The van der Waals surface area contributed by atoms with Crippen molar-refractivity contribution in [1.29, 1.82) is 0 Å². The van der Waals surface area contributed by atoms with Gasteiger partial charge in [-0.15, -0.1) is 0 Å². The Morgan fingerprint density at radius 2 is 2.00 bits per heavy atom. The summed E-state index contributed by atoms with van der Waals surface area (Å²) >= 11 is 3.35. The zero-order chi connectivity index (χ0) is 17.0. The van der Waals surface area contributed by atoms with Crippen LogP contribution in [-0.4, -0.2) is 40.4 Å². The minimum atomic E-state index is -0.976. The average molecular weight is 383 g/mol. The highest BCUT2D eigenvalue weighted by molar-refractivity contribution is 9.10. The van der Waals surface area contributed by atoms with Gasteiger partial charge in [0.2, 0.25) is 11.8 Å². The smallest absolute Gasteiger partial charge is 0.326 e. The Labute approximate surface area is 143 Å². The predicted octanol–water partition coefficient (Wildman–Crippen LogP) is 2.09. The van der Waals surface area contributed by atoms with Crippen molar-refractivity contribution in [2.45, 2.75) is 38.3 Å². The maximum atomic E-state index is 12.5. The molecule has 1 aromatic rings. The lowest BCUT2D eigenvalue weighted by molar-refractivity contribution is -0.148. The third-order valence-corrected chi connectivity index (χ3v) is 4.42. The van der Waals surface area contributed by atoms with Crippen molar-refractivity contribution in [2.75, 3.05) is 6.54 Å². The number of carboxylic acid groups (broad SMARTS) is 1. The van der Waals surface area contributed by atoms with Gasteiger partial charge in [-0.1, -0.05) is 28.1 Å². The van der Waals surface area contributed by atoms with E-state index in [2.05, 4.69) is 21.2 Å². The molecule has 0 radical (unpaired) electrons. The van der Waals surface area contributed by atoms with Gasteiger partial charge in [-0.3, -0.25) is 9.59 Å². The van der Waals surface area contributed by atoms with Gasteiger partial charge in [0.05, 0.1) is 12.5 Å². The molecule has 1 aromatic carbocycles. The monoisotopic (exact) mass is 382 g/mol. The van der Waals surface area contributed by atoms with Crippen LogP contribution in [0.4, 0.5) is 0 Å². The van der Waals surface area contributed by atoms with Crippen molar-refractivity contribution in [3.8, 4) is 0 Å². The molecule has 0 saturated carbocycles. The van der Waals surface area contributed by atoms with E-state index >= 15 is 0 Å². The molecule has 1 saturated heterocycles. The number of nitrogens with one attached hydrogen (secondary N) is 1. The molecule has 0 bridgehead atoms. The first kappa shape index (κ1) is 17.5. The molecule has 2 N–H and O–H groups in total. The number of hydrogen-bond donors (Lipinski definition) is 2. The minimum absolute atomic E-state index is 0.0466. The molecule has 0 aliphatic carbocycles. The largest absolute Gasteiger partial charge is 0.480 e. The lowest BCUT2D eigenvalue weighted by Crippen LogP contribution is -2.42. The van der Waals surface area contributed by atoms with E-state index in [0.29, 0.717) is 19.4 Å². The van der Waals surface area contributed by atoms with E-state index in [4.69, 9.17) is 0 Å². The van der Waals surface area contributed by atoms with Crippen molar-refractivity contribution >= 4 is 33.7 Å². The summed E-state index contributed by atoms with van der Waals surface area (Å²) in [5.74, 6) is -1.46. The highest BCUT2D eigenvalue weighted by Crippen LogP contribution is 2.24. The maximum Gasteiger partial charge on any atom is 0.326 e. The SMILES string of the molecule is CC(=O)NC(CC(=O)N1CCC[C@H]1C(=O)O)c1ccc(Br)cc1. The van der Waals surface area contributed by atoms with Crippen LogP contribution in [0.5, 0.6) is 0 Å². The highest BCUT2D eigenvalue weighted by atomic mass is 79.9. The molecule has 1 aliphatic rings. The fourth-order valence-corrected chi connectivity index (χ4v) is 3.07. The Hall–Kier alpha value is -1.89. The number of hydrogen-bond acceptors (Lipinski definition) is 3. The molecule has 1 heterocycles. The fraction of sp³-hybridized carbons (Fsp3) is 0.438. The number of benzene rings is 1. The maximum absolute atomic E-state index is 12.5. The average Bonchev–Trinajstić information content (AvgIpc) is 2.96. The van der Waals surface area contributed by atoms with E-state index in [1.54, 1.807) is 0 Å². The number of carbonyl (C=O) groups is 3. The Morgan fingerprint density at radius 1 is 1.35 bits per heavy atom. The van der Waals surface area contributed by atoms with Gasteiger partial charge in [0.15, 0.2) is 0 Å². The number of rotatable bonds is 5. The summed E-state index contributed by atoms with van der Waals surface area (Å²) in [6, 6.07) is 6.11. The quantitative estimate of drug-likeness (QED) is 0.815. The van der Waals surface area contributed by atoms with E-state index in [9.17, 15) is 19.5 Å². The summed E-state index contributed by atoms with van der Waals surface area (Å²) in [5, 5.41) is 12.0. The van der Waals surface area contributed by atoms with Crippen LogP contribution in [0.15, 0.2) is 28.7 Å². The van der Waals surface area contributed by atoms with Crippen molar-refractivity contribution in [1.82, 2.24) is 10.2 Å². The Bertz CT molecular complexity index is 603. The summed E-state index contributed by atoms with van der Waals surface area (Å²) in [5.41, 5.74) is 0.808. The normalized spacial score (nSPS) is 18.5. The molecule has 124 valence electrons. The molecule has 0 spiro atoms. The molecule has 6 nitrogen and oxygen atoms in total. The van der Waals surface area contributed by atoms with Crippen LogP contribution in [0.25, 0.3) is 0 Å². The van der Waals surface area contributed by atoms with Crippen LogP contribution in [0, 0.1) is 0 Å². The van der Waals surface area contributed by atoms with Gasteiger partial charge in [0.1, 0.15) is 6.04 Å². The van der Waals surface area contributed by atoms with Gasteiger partial charge in [0, 0.05) is 17.9 Å². The van der Waals surface area contributed by atoms with E-state index in [-0.39, 0.29) is 18.2 Å². The van der Waals surface area contributed by atoms with Gasteiger partial charge >= 0.3 is 5.97 Å². The highest BCUT2D eigenvalue weighted by Gasteiger charge is 2.34. The number of carboxylic acids is 1. The second kappa shape index (κ2) is 7.59. The number of nitrogens with zero attached hydrogens (tertiary/aromatic N) is 1. The van der Waals surface area contributed by atoms with Crippen molar-refractivity contribution in [2.24, 2.45) is 0 Å². The molecule has 2 rings (SSSR count). The van der Waals surface area contributed by atoms with Crippen LogP contribution in [-0.2, 0) is 14.4 Å². The van der Waals surface area contributed by atoms with Gasteiger partial charge in [-0.25, -0.2) is 4.79 Å². The summed E-state index contributed by atoms with van der Waals surface area (Å²) in [4.78, 5) is 36.5. The van der Waals surface area contributed by atoms with E-state index in [0.717, 1.165) is 10.0 Å². The topological polar surface area (TPSA) is 86.7 Å². The molecule has 1 fully saturated rings. The van der Waals surface area contributed by atoms with Crippen molar-refractivity contribution < 1.29 is 19.5 Å². The first-order valence-electron chi connectivity index (χ1n) is 7.43. The Kier molecular flexibility index (Phi) is 5.76. The van der Waals surface area contributed by atoms with Crippen LogP contribution in [0.1, 0.15) is 37.8 Å². The zero-order valence-electron chi connectivity index (χ0n) is 12.8. The van der Waals surface area contributed by atoms with Crippen LogP contribution in [0.3, 0.4) is 0 Å². The van der Waals surface area contributed by atoms with Gasteiger partial charge < -0.3 is 15.3 Å². The number of amides is 2. The summed E-state index contributed by atoms with van der Waals surface area (Å²) in [6.07, 6.45) is 1.21. The summed E-state index contributed by atoms with van der Waals surface area (Å²) in [6.45, 7) is 1.84. The molecule has 2 amide bonds. The van der Waals surface area contributed by atoms with Gasteiger partial charge in [-0.2, -0.15) is 0 Å². The number of aliphatic carboxylic acids is 1. The van der Waals surface area contributed by atoms with E-state index < -0.39 is 18.1 Å². The van der Waals surface area contributed by atoms with Crippen LogP contribution in [0.2, 0.25) is 0 Å². The second-order valence-corrected chi connectivity index (χ2v) is 6.51. The van der Waals surface area contributed by atoms with Crippen LogP contribution >= 0.6 is 15.9 Å². The molecule has 23 heavy (non-hydrogen) atoms. The third kappa shape index (κ3) is 4.54. The van der Waals surface area contributed by atoms with Gasteiger partial charge in [-0.05, 0) is 30.5 Å². The molecular weight excluding hydrogens is 364 g/mol. The Balaban J connectivity index is 2.14. The summed E-state index contributed by atoms with van der Waals surface area (Å²) in [7, 11) is 0. The van der Waals surface area contributed by atoms with E-state index in [1.807, 2.05) is 24.3 Å².